The Kier molecular flexibility index (Phi) is 6.05. The monoisotopic (exact) mass is 297 g/mol. The van der Waals surface area contributed by atoms with Crippen LogP contribution in [-0.4, -0.2) is 32.1 Å². The molecule has 110 valence electrons. The number of nitrogen functional groups attached to an aromatic ring is 1. The zero-order chi connectivity index (χ0) is 15.1. The van der Waals surface area contributed by atoms with Crippen molar-refractivity contribution in [3.05, 3.63) is 23.1 Å². The first-order chi connectivity index (χ1) is 9.56. The minimum atomic E-state index is -0.570. The van der Waals surface area contributed by atoms with Gasteiger partial charge in [-0.05, 0) is 6.42 Å². The molecule has 0 fully saturated rings. The molecule has 0 atom stereocenters. The number of rotatable bonds is 7. The molecule has 6 nitrogen and oxygen atoms in total. The minimum Gasteiger partial charge on any atom is -0.465 e. The highest BCUT2D eigenvalue weighted by Gasteiger charge is 2.25. The van der Waals surface area contributed by atoms with E-state index in [1.807, 2.05) is 6.92 Å². The third kappa shape index (κ3) is 3.51. The predicted molar refractivity (Wildman–Crippen MR) is 81.4 cm³/mol. The standard InChI is InChI=1S/C13H19N3O3S/c1-4-6-15-11(17)10-9(14)8(13(18)19-3)12(20-10)16-7-5-2/h5,16H,2,4,6-7,14H2,1,3H3,(H,15,17). The summed E-state index contributed by atoms with van der Waals surface area (Å²) in [6.07, 6.45) is 2.47. The second-order valence-electron chi connectivity index (χ2n) is 3.97. The van der Waals surface area contributed by atoms with E-state index in [0.717, 1.165) is 17.8 Å². The summed E-state index contributed by atoms with van der Waals surface area (Å²) in [5.74, 6) is -0.856. The smallest absolute Gasteiger partial charge is 0.343 e. The van der Waals surface area contributed by atoms with E-state index in [4.69, 9.17) is 10.5 Å². The van der Waals surface area contributed by atoms with Gasteiger partial charge in [-0.25, -0.2) is 4.79 Å². The van der Waals surface area contributed by atoms with E-state index >= 15 is 0 Å². The van der Waals surface area contributed by atoms with Crippen molar-refractivity contribution < 1.29 is 14.3 Å². The van der Waals surface area contributed by atoms with Crippen LogP contribution in [0.15, 0.2) is 12.7 Å². The quantitative estimate of drug-likeness (QED) is 0.527. The van der Waals surface area contributed by atoms with Gasteiger partial charge in [-0.2, -0.15) is 0 Å². The lowest BCUT2D eigenvalue weighted by Gasteiger charge is -2.04. The molecule has 0 radical (unpaired) electrons. The zero-order valence-electron chi connectivity index (χ0n) is 11.6. The van der Waals surface area contributed by atoms with Crippen LogP contribution in [-0.2, 0) is 4.74 Å². The van der Waals surface area contributed by atoms with Crippen molar-refractivity contribution in [3.63, 3.8) is 0 Å². The highest BCUT2D eigenvalue weighted by Crippen LogP contribution is 2.36. The summed E-state index contributed by atoms with van der Waals surface area (Å²) in [6.45, 7) is 6.56. The van der Waals surface area contributed by atoms with Crippen molar-refractivity contribution in [2.45, 2.75) is 13.3 Å². The van der Waals surface area contributed by atoms with Gasteiger partial charge in [0.25, 0.3) is 5.91 Å². The molecule has 0 saturated carbocycles. The van der Waals surface area contributed by atoms with Gasteiger partial charge in [-0.3, -0.25) is 4.79 Å². The van der Waals surface area contributed by atoms with Crippen LogP contribution in [0.4, 0.5) is 10.7 Å². The Morgan fingerprint density at radius 1 is 1.50 bits per heavy atom. The number of ether oxygens (including phenoxy) is 1. The molecule has 1 aromatic rings. The van der Waals surface area contributed by atoms with E-state index in [1.54, 1.807) is 6.08 Å². The van der Waals surface area contributed by atoms with E-state index in [1.165, 1.54) is 7.11 Å². The highest BCUT2D eigenvalue weighted by atomic mass is 32.1. The fourth-order valence-corrected chi connectivity index (χ4v) is 2.56. The number of methoxy groups -OCH3 is 1. The van der Waals surface area contributed by atoms with Crippen molar-refractivity contribution in [1.82, 2.24) is 5.32 Å². The summed E-state index contributed by atoms with van der Waals surface area (Å²) < 4.78 is 4.70. The number of thiophene rings is 1. The molecule has 1 aromatic heterocycles. The van der Waals surface area contributed by atoms with E-state index < -0.39 is 5.97 Å². The van der Waals surface area contributed by atoms with E-state index in [-0.39, 0.29) is 17.2 Å². The number of carbonyl (C=O) groups is 2. The van der Waals surface area contributed by atoms with Crippen LogP contribution in [0.25, 0.3) is 0 Å². The number of amides is 1. The Hall–Kier alpha value is -2.02. The molecule has 7 heteroatoms. The summed E-state index contributed by atoms with van der Waals surface area (Å²) in [4.78, 5) is 24.1. The Labute approximate surface area is 122 Å². The first kappa shape index (κ1) is 16.0. The summed E-state index contributed by atoms with van der Waals surface area (Å²) >= 11 is 1.13. The number of nitrogens with two attached hydrogens (primary N) is 1. The second kappa shape index (κ2) is 7.54. The normalized spacial score (nSPS) is 9.90. The SMILES string of the molecule is C=CCNc1sc(C(=O)NCCC)c(N)c1C(=O)OC. The first-order valence-electron chi connectivity index (χ1n) is 6.20. The van der Waals surface area contributed by atoms with Crippen LogP contribution in [0.1, 0.15) is 33.4 Å². The third-order valence-electron chi connectivity index (χ3n) is 2.48. The lowest BCUT2D eigenvalue weighted by Crippen LogP contribution is -2.24. The van der Waals surface area contributed by atoms with Crippen LogP contribution in [0.3, 0.4) is 0 Å². The van der Waals surface area contributed by atoms with Gasteiger partial charge in [0.2, 0.25) is 0 Å². The van der Waals surface area contributed by atoms with Gasteiger partial charge in [0.1, 0.15) is 15.4 Å². The van der Waals surface area contributed by atoms with Gasteiger partial charge in [0.15, 0.2) is 0 Å². The van der Waals surface area contributed by atoms with Gasteiger partial charge in [0.05, 0.1) is 12.8 Å². The summed E-state index contributed by atoms with van der Waals surface area (Å²) in [7, 11) is 1.27. The summed E-state index contributed by atoms with van der Waals surface area (Å²) in [6, 6.07) is 0. The molecule has 0 aliphatic rings. The molecule has 0 aromatic carbocycles. The van der Waals surface area contributed by atoms with Gasteiger partial charge < -0.3 is 21.1 Å². The first-order valence-corrected chi connectivity index (χ1v) is 7.01. The molecule has 4 N–H and O–H groups in total. The zero-order valence-corrected chi connectivity index (χ0v) is 12.4. The number of hydrogen-bond acceptors (Lipinski definition) is 6. The maximum absolute atomic E-state index is 12.0. The second-order valence-corrected chi connectivity index (χ2v) is 4.99. The third-order valence-corrected chi connectivity index (χ3v) is 3.65. The molecule has 1 rings (SSSR count). The van der Waals surface area contributed by atoms with Crippen molar-refractivity contribution in [1.29, 1.82) is 0 Å². The predicted octanol–water partition coefficient (Wildman–Crippen LogP) is 1.85. The molecule has 1 amide bonds. The van der Waals surface area contributed by atoms with Crippen LogP contribution < -0.4 is 16.4 Å². The number of nitrogens with one attached hydrogen (secondary N) is 2. The van der Waals surface area contributed by atoms with E-state index in [2.05, 4.69) is 17.2 Å². The highest BCUT2D eigenvalue weighted by molar-refractivity contribution is 7.19. The minimum absolute atomic E-state index is 0.141. The number of hydrogen-bond donors (Lipinski definition) is 3. The maximum atomic E-state index is 12.0. The molecule has 0 unspecified atom stereocenters. The Morgan fingerprint density at radius 3 is 2.75 bits per heavy atom. The molecule has 0 bridgehead atoms. The summed E-state index contributed by atoms with van der Waals surface area (Å²) in [5, 5.41) is 6.23. The molecular weight excluding hydrogens is 278 g/mol. The Balaban J connectivity index is 3.13. The van der Waals surface area contributed by atoms with Crippen LogP contribution >= 0.6 is 11.3 Å². The summed E-state index contributed by atoms with van der Waals surface area (Å²) in [5.41, 5.74) is 6.24. The van der Waals surface area contributed by atoms with Crippen molar-refractivity contribution in [2.24, 2.45) is 0 Å². The Bertz CT molecular complexity index is 511. The molecule has 20 heavy (non-hydrogen) atoms. The van der Waals surface area contributed by atoms with Gasteiger partial charge in [-0.15, -0.1) is 17.9 Å². The average Bonchev–Trinajstić information content (AvgIpc) is 2.78. The average molecular weight is 297 g/mol. The number of esters is 1. The molecule has 0 spiro atoms. The Morgan fingerprint density at radius 2 is 2.20 bits per heavy atom. The van der Waals surface area contributed by atoms with Crippen molar-refractivity contribution in [3.8, 4) is 0 Å². The molecule has 0 aliphatic carbocycles. The number of anilines is 2. The fraction of sp³-hybridized carbons (Fsp3) is 0.385. The lowest BCUT2D eigenvalue weighted by molar-refractivity contribution is 0.0603. The molecule has 0 saturated heterocycles. The largest absolute Gasteiger partial charge is 0.465 e. The van der Waals surface area contributed by atoms with E-state index in [0.29, 0.717) is 23.0 Å². The van der Waals surface area contributed by atoms with E-state index in [9.17, 15) is 9.59 Å². The van der Waals surface area contributed by atoms with Crippen molar-refractivity contribution in [2.75, 3.05) is 31.2 Å². The molecular formula is C13H19N3O3S. The molecule has 0 aliphatic heterocycles. The molecule has 1 heterocycles. The van der Waals surface area contributed by atoms with Gasteiger partial charge >= 0.3 is 5.97 Å². The fourth-order valence-electron chi connectivity index (χ4n) is 1.53. The maximum Gasteiger partial charge on any atom is 0.343 e. The van der Waals surface area contributed by atoms with Crippen molar-refractivity contribution >= 4 is 33.9 Å². The van der Waals surface area contributed by atoms with Gasteiger partial charge in [0, 0.05) is 13.1 Å². The van der Waals surface area contributed by atoms with Gasteiger partial charge in [-0.1, -0.05) is 13.0 Å². The van der Waals surface area contributed by atoms with Crippen LogP contribution in [0.5, 0.6) is 0 Å². The topological polar surface area (TPSA) is 93.5 Å². The number of carbonyl (C=O) groups excluding carboxylic acids is 2. The lowest BCUT2D eigenvalue weighted by atomic mass is 10.2. The van der Waals surface area contributed by atoms with Crippen LogP contribution in [0, 0.1) is 0 Å². The van der Waals surface area contributed by atoms with Crippen LogP contribution in [0.2, 0.25) is 0 Å².